The molecule has 3 atom stereocenters. The lowest BCUT2D eigenvalue weighted by molar-refractivity contribution is -0.143. The number of carboxylic acids is 2. The fourth-order valence-electron chi connectivity index (χ4n) is 3.04. The summed E-state index contributed by atoms with van der Waals surface area (Å²) in [4.78, 5) is 47.3. The van der Waals surface area contributed by atoms with Crippen molar-refractivity contribution >= 4 is 23.8 Å². The van der Waals surface area contributed by atoms with E-state index in [1.165, 1.54) is 0 Å². The van der Waals surface area contributed by atoms with Crippen LogP contribution in [0.4, 0.5) is 0 Å². The van der Waals surface area contributed by atoms with Crippen LogP contribution >= 0.6 is 0 Å². The summed E-state index contributed by atoms with van der Waals surface area (Å²) in [5.74, 6) is -3.42. The highest BCUT2D eigenvalue weighted by atomic mass is 16.4. The summed E-state index contributed by atoms with van der Waals surface area (Å²) >= 11 is 0. The maximum absolute atomic E-state index is 12.6. The molecular weight excluding hydrogens is 366 g/mol. The molecule has 1 aromatic carbocycles. The number of hydrogen-bond donors (Lipinski definition) is 5. The molecule has 1 heterocycles. The summed E-state index contributed by atoms with van der Waals surface area (Å²) in [5.41, 5.74) is 0.733. The van der Waals surface area contributed by atoms with Crippen molar-refractivity contribution in [3.05, 3.63) is 35.9 Å². The first-order valence-corrected chi connectivity index (χ1v) is 9.19. The molecule has 9 nitrogen and oxygen atoms in total. The zero-order valence-electron chi connectivity index (χ0n) is 15.4. The molecule has 1 saturated heterocycles. The van der Waals surface area contributed by atoms with Crippen molar-refractivity contribution in [1.82, 2.24) is 16.0 Å². The van der Waals surface area contributed by atoms with Crippen LogP contribution in [0.1, 0.15) is 31.2 Å². The van der Waals surface area contributed by atoms with E-state index < -0.39 is 41.9 Å². The Morgan fingerprint density at radius 1 is 1.07 bits per heavy atom. The highest BCUT2D eigenvalue weighted by molar-refractivity contribution is 5.92. The standard InChI is InChI=1S/C19H25N3O6/c23-16(24)9-8-14(21-17(25)13-7-4-10-20-13)18(26)22-15(19(27)28)11-12-5-2-1-3-6-12/h1-3,5-6,13-15,20H,4,7-11H2,(H,21,25)(H,22,26)(H,23,24)(H,27,28)/t13-,14-,15+/m1/s1. The first-order valence-electron chi connectivity index (χ1n) is 9.19. The maximum atomic E-state index is 12.6. The molecule has 1 aliphatic rings. The number of rotatable bonds is 10. The number of amides is 2. The molecule has 1 aromatic rings. The summed E-state index contributed by atoms with van der Waals surface area (Å²) < 4.78 is 0. The zero-order chi connectivity index (χ0) is 20.5. The lowest BCUT2D eigenvalue weighted by Gasteiger charge is -2.22. The molecule has 1 aliphatic heterocycles. The second-order valence-corrected chi connectivity index (χ2v) is 6.73. The van der Waals surface area contributed by atoms with Gasteiger partial charge in [0.2, 0.25) is 11.8 Å². The largest absolute Gasteiger partial charge is 0.481 e. The van der Waals surface area contributed by atoms with Gasteiger partial charge in [0.05, 0.1) is 6.04 Å². The Labute approximate surface area is 162 Å². The van der Waals surface area contributed by atoms with Gasteiger partial charge >= 0.3 is 11.9 Å². The molecule has 0 aliphatic carbocycles. The molecule has 2 amide bonds. The van der Waals surface area contributed by atoms with Gasteiger partial charge in [0.1, 0.15) is 12.1 Å². The molecule has 5 N–H and O–H groups in total. The van der Waals surface area contributed by atoms with E-state index in [-0.39, 0.29) is 19.3 Å². The predicted molar refractivity (Wildman–Crippen MR) is 99.5 cm³/mol. The van der Waals surface area contributed by atoms with E-state index in [9.17, 15) is 24.3 Å². The second-order valence-electron chi connectivity index (χ2n) is 6.73. The average molecular weight is 391 g/mol. The van der Waals surface area contributed by atoms with Gasteiger partial charge < -0.3 is 26.2 Å². The summed E-state index contributed by atoms with van der Waals surface area (Å²) in [6, 6.07) is 6.08. The van der Waals surface area contributed by atoms with Crippen molar-refractivity contribution in [3.63, 3.8) is 0 Å². The SMILES string of the molecule is O=C(O)CC[C@@H](NC(=O)[C@H]1CCCN1)C(=O)N[C@@H](Cc1ccccc1)C(=O)O. The first-order chi connectivity index (χ1) is 13.4. The molecule has 152 valence electrons. The quantitative estimate of drug-likeness (QED) is 0.374. The molecule has 0 spiro atoms. The number of aliphatic carboxylic acids is 2. The van der Waals surface area contributed by atoms with E-state index >= 15 is 0 Å². The fraction of sp³-hybridized carbons (Fsp3) is 0.474. The van der Waals surface area contributed by atoms with E-state index in [1.807, 2.05) is 0 Å². The van der Waals surface area contributed by atoms with E-state index in [4.69, 9.17) is 5.11 Å². The minimum Gasteiger partial charge on any atom is -0.481 e. The highest BCUT2D eigenvalue weighted by Gasteiger charge is 2.30. The highest BCUT2D eigenvalue weighted by Crippen LogP contribution is 2.08. The third kappa shape index (κ3) is 6.66. The van der Waals surface area contributed by atoms with Crippen LogP contribution in [0.5, 0.6) is 0 Å². The lowest BCUT2D eigenvalue weighted by atomic mass is 10.0. The molecule has 0 unspecified atom stereocenters. The van der Waals surface area contributed by atoms with Crippen LogP contribution in [0.3, 0.4) is 0 Å². The predicted octanol–water partition coefficient (Wildman–Crippen LogP) is -0.0999. The third-order valence-electron chi connectivity index (χ3n) is 4.55. The van der Waals surface area contributed by atoms with Crippen LogP contribution in [0.2, 0.25) is 0 Å². The summed E-state index contributed by atoms with van der Waals surface area (Å²) in [6.45, 7) is 0.697. The van der Waals surface area contributed by atoms with Gasteiger partial charge in [-0.15, -0.1) is 0 Å². The summed E-state index contributed by atoms with van der Waals surface area (Å²) in [6.07, 6.45) is 1.09. The Hall–Kier alpha value is -2.94. The van der Waals surface area contributed by atoms with Gasteiger partial charge in [-0.3, -0.25) is 14.4 Å². The monoisotopic (exact) mass is 391 g/mol. The maximum Gasteiger partial charge on any atom is 0.326 e. The minimum absolute atomic E-state index is 0.0751. The fourth-order valence-corrected chi connectivity index (χ4v) is 3.04. The Morgan fingerprint density at radius 2 is 1.79 bits per heavy atom. The third-order valence-corrected chi connectivity index (χ3v) is 4.55. The second kappa shape index (κ2) is 10.4. The van der Waals surface area contributed by atoms with Gasteiger partial charge in [-0.05, 0) is 31.4 Å². The van der Waals surface area contributed by atoms with Crippen molar-refractivity contribution < 1.29 is 29.4 Å². The molecular formula is C19H25N3O6. The Kier molecular flexibility index (Phi) is 7.94. The molecule has 0 aromatic heterocycles. The van der Waals surface area contributed by atoms with E-state index in [0.29, 0.717) is 13.0 Å². The summed E-state index contributed by atoms with van der Waals surface area (Å²) in [5, 5.41) is 26.3. The van der Waals surface area contributed by atoms with Crippen molar-refractivity contribution in [3.8, 4) is 0 Å². The van der Waals surface area contributed by atoms with Gasteiger partial charge in [0.25, 0.3) is 0 Å². The molecule has 0 radical (unpaired) electrons. The number of carboxylic acid groups (broad SMARTS) is 2. The van der Waals surface area contributed by atoms with Crippen molar-refractivity contribution in [1.29, 1.82) is 0 Å². The van der Waals surface area contributed by atoms with Crippen LogP contribution in [-0.4, -0.2) is 58.6 Å². The van der Waals surface area contributed by atoms with Crippen LogP contribution in [-0.2, 0) is 25.6 Å². The van der Waals surface area contributed by atoms with E-state index in [0.717, 1.165) is 12.0 Å². The Balaban J connectivity index is 2.04. The summed E-state index contributed by atoms with van der Waals surface area (Å²) in [7, 11) is 0. The van der Waals surface area contributed by atoms with Crippen LogP contribution in [0.25, 0.3) is 0 Å². The molecule has 0 saturated carbocycles. The number of carbonyl (C=O) groups excluding carboxylic acids is 2. The normalized spacial score (nSPS) is 18.1. The van der Waals surface area contributed by atoms with Crippen LogP contribution in [0, 0.1) is 0 Å². The minimum atomic E-state index is -1.21. The number of hydrogen-bond acceptors (Lipinski definition) is 5. The van der Waals surface area contributed by atoms with E-state index in [1.54, 1.807) is 30.3 Å². The van der Waals surface area contributed by atoms with Crippen LogP contribution in [0.15, 0.2) is 30.3 Å². The average Bonchev–Trinajstić information content (AvgIpc) is 3.19. The smallest absolute Gasteiger partial charge is 0.326 e. The van der Waals surface area contributed by atoms with Crippen molar-refractivity contribution in [2.24, 2.45) is 0 Å². The van der Waals surface area contributed by atoms with Crippen molar-refractivity contribution in [2.45, 2.75) is 50.2 Å². The Bertz CT molecular complexity index is 703. The number of carbonyl (C=O) groups is 4. The van der Waals surface area contributed by atoms with Crippen LogP contribution < -0.4 is 16.0 Å². The van der Waals surface area contributed by atoms with E-state index in [2.05, 4.69) is 16.0 Å². The zero-order valence-corrected chi connectivity index (χ0v) is 15.4. The van der Waals surface area contributed by atoms with Gasteiger partial charge in [0.15, 0.2) is 0 Å². The molecule has 28 heavy (non-hydrogen) atoms. The van der Waals surface area contributed by atoms with Gasteiger partial charge in [-0.1, -0.05) is 30.3 Å². The lowest BCUT2D eigenvalue weighted by Crippen LogP contribution is -2.54. The topological polar surface area (TPSA) is 145 Å². The van der Waals surface area contributed by atoms with Gasteiger partial charge in [-0.2, -0.15) is 0 Å². The molecule has 2 rings (SSSR count). The number of nitrogens with one attached hydrogen (secondary N) is 3. The first kappa shape index (κ1) is 21.4. The van der Waals surface area contributed by atoms with Gasteiger partial charge in [-0.25, -0.2) is 4.79 Å². The van der Waals surface area contributed by atoms with Crippen molar-refractivity contribution in [2.75, 3.05) is 6.54 Å². The number of benzene rings is 1. The molecule has 9 heteroatoms. The molecule has 1 fully saturated rings. The Morgan fingerprint density at radius 3 is 2.36 bits per heavy atom. The van der Waals surface area contributed by atoms with Gasteiger partial charge in [0, 0.05) is 12.8 Å². The molecule has 0 bridgehead atoms.